The number of benzene rings is 2. The lowest BCUT2D eigenvalue weighted by atomic mass is 10.2. The molecule has 0 fully saturated rings. The van der Waals surface area contributed by atoms with Gasteiger partial charge in [-0.3, -0.25) is 0 Å². The Balaban J connectivity index is 2.32. The molecule has 0 saturated heterocycles. The summed E-state index contributed by atoms with van der Waals surface area (Å²) in [6.07, 6.45) is 0. The van der Waals surface area contributed by atoms with Crippen LogP contribution in [-0.4, -0.2) is 7.05 Å². The van der Waals surface area contributed by atoms with Crippen LogP contribution in [0.3, 0.4) is 0 Å². The maximum atomic E-state index is 13.2. The first kappa shape index (κ1) is 14.0. The van der Waals surface area contributed by atoms with Crippen molar-refractivity contribution in [2.45, 2.75) is 13.5 Å². The van der Waals surface area contributed by atoms with Crippen molar-refractivity contribution in [2.75, 3.05) is 7.05 Å². The summed E-state index contributed by atoms with van der Waals surface area (Å²) in [5.74, 6) is 1.11. The highest BCUT2D eigenvalue weighted by Gasteiger charge is 2.08. The van der Waals surface area contributed by atoms with E-state index in [0.29, 0.717) is 12.3 Å². The van der Waals surface area contributed by atoms with Crippen molar-refractivity contribution in [1.82, 2.24) is 5.32 Å². The molecule has 0 spiro atoms. The Kier molecular flexibility index (Phi) is 4.56. The van der Waals surface area contributed by atoms with E-state index in [0.717, 1.165) is 21.3 Å². The molecule has 100 valence electrons. The Morgan fingerprint density at radius 1 is 1.16 bits per heavy atom. The van der Waals surface area contributed by atoms with Gasteiger partial charge in [0.15, 0.2) is 0 Å². The Bertz CT molecular complexity index is 586. The average Bonchev–Trinajstić information content (AvgIpc) is 2.36. The average molecular weight is 324 g/mol. The maximum Gasteiger partial charge on any atom is 0.141 e. The van der Waals surface area contributed by atoms with Crippen LogP contribution in [0, 0.1) is 12.7 Å². The molecular weight excluding hydrogens is 309 g/mol. The summed E-state index contributed by atoms with van der Waals surface area (Å²) in [4.78, 5) is 0. The van der Waals surface area contributed by atoms with Gasteiger partial charge in [0.1, 0.15) is 17.3 Å². The topological polar surface area (TPSA) is 21.3 Å². The van der Waals surface area contributed by atoms with Crippen LogP contribution in [0.15, 0.2) is 40.9 Å². The third-order valence-corrected chi connectivity index (χ3v) is 3.32. The van der Waals surface area contributed by atoms with Crippen molar-refractivity contribution in [3.8, 4) is 11.5 Å². The Morgan fingerprint density at radius 3 is 2.58 bits per heavy atom. The Labute approximate surface area is 120 Å². The van der Waals surface area contributed by atoms with Gasteiger partial charge >= 0.3 is 0 Å². The molecule has 0 aliphatic carbocycles. The minimum atomic E-state index is -0.263. The molecule has 1 N–H and O–H groups in total. The normalized spacial score (nSPS) is 10.5. The number of ether oxygens (including phenoxy) is 1. The smallest absolute Gasteiger partial charge is 0.141 e. The third kappa shape index (κ3) is 3.55. The molecule has 0 bridgehead atoms. The molecule has 0 amide bonds. The van der Waals surface area contributed by atoms with Gasteiger partial charge in [-0.25, -0.2) is 4.39 Å². The molecule has 0 radical (unpaired) electrons. The monoisotopic (exact) mass is 323 g/mol. The van der Waals surface area contributed by atoms with Crippen LogP contribution in [0.2, 0.25) is 0 Å². The predicted octanol–water partition coefficient (Wildman–Crippen LogP) is 4.41. The quantitative estimate of drug-likeness (QED) is 0.899. The molecule has 4 heteroatoms. The van der Waals surface area contributed by atoms with Gasteiger partial charge in [-0.15, -0.1) is 0 Å². The van der Waals surface area contributed by atoms with E-state index in [2.05, 4.69) is 21.2 Å². The highest BCUT2D eigenvalue weighted by Crippen LogP contribution is 2.32. The summed E-state index contributed by atoms with van der Waals surface area (Å²) in [6, 6.07) is 10.4. The van der Waals surface area contributed by atoms with E-state index in [1.54, 1.807) is 6.07 Å². The van der Waals surface area contributed by atoms with Crippen LogP contribution in [0.5, 0.6) is 11.5 Å². The minimum Gasteiger partial charge on any atom is -0.456 e. The van der Waals surface area contributed by atoms with E-state index in [-0.39, 0.29) is 5.82 Å². The van der Waals surface area contributed by atoms with Crippen LogP contribution in [0.1, 0.15) is 11.1 Å². The van der Waals surface area contributed by atoms with Crippen molar-refractivity contribution < 1.29 is 9.13 Å². The zero-order valence-corrected chi connectivity index (χ0v) is 12.4. The van der Waals surface area contributed by atoms with Gasteiger partial charge in [0.05, 0.1) is 4.47 Å². The van der Waals surface area contributed by atoms with E-state index in [4.69, 9.17) is 4.74 Å². The lowest BCUT2D eigenvalue weighted by Gasteiger charge is -2.12. The first-order chi connectivity index (χ1) is 9.10. The molecule has 0 atom stereocenters. The summed E-state index contributed by atoms with van der Waals surface area (Å²) in [6.45, 7) is 2.56. The number of halogens is 2. The predicted molar refractivity (Wildman–Crippen MR) is 78.1 cm³/mol. The second-order valence-electron chi connectivity index (χ2n) is 4.32. The summed E-state index contributed by atoms with van der Waals surface area (Å²) in [5.41, 5.74) is 1.93. The summed E-state index contributed by atoms with van der Waals surface area (Å²) >= 11 is 3.47. The van der Waals surface area contributed by atoms with Crippen molar-refractivity contribution >= 4 is 15.9 Å². The number of hydrogen-bond acceptors (Lipinski definition) is 2. The zero-order chi connectivity index (χ0) is 13.8. The highest BCUT2D eigenvalue weighted by molar-refractivity contribution is 9.10. The first-order valence-corrected chi connectivity index (χ1v) is 6.76. The Hall–Kier alpha value is -1.39. The van der Waals surface area contributed by atoms with Crippen LogP contribution < -0.4 is 10.1 Å². The van der Waals surface area contributed by atoms with Gasteiger partial charge in [-0.1, -0.05) is 6.07 Å². The van der Waals surface area contributed by atoms with Crippen molar-refractivity contribution in [1.29, 1.82) is 0 Å². The first-order valence-electron chi connectivity index (χ1n) is 5.97. The lowest BCUT2D eigenvalue weighted by molar-refractivity contribution is 0.468. The van der Waals surface area contributed by atoms with Gasteiger partial charge in [0.25, 0.3) is 0 Å². The maximum absolute atomic E-state index is 13.2. The van der Waals surface area contributed by atoms with E-state index < -0.39 is 0 Å². The molecule has 0 aliphatic heterocycles. The van der Waals surface area contributed by atoms with Gasteiger partial charge < -0.3 is 10.1 Å². The molecule has 19 heavy (non-hydrogen) atoms. The van der Waals surface area contributed by atoms with Crippen molar-refractivity contribution in [3.05, 3.63) is 57.8 Å². The number of nitrogens with one attached hydrogen (secondary N) is 1. The van der Waals surface area contributed by atoms with Gasteiger partial charge in [-0.05, 0) is 65.8 Å². The largest absolute Gasteiger partial charge is 0.456 e. The zero-order valence-electron chi connectivity index (χ0n) is 10.8. The summed E-state index contributed by atoms with van der Waals surface area (Å²) in [5, 5.41) is 3.00. The van der Waals surface area contributed by atoms with E-state index in [1.807, 2.05) is 32.2 Å². The van der Waals surface area contributed by atoms with Crippen molar-refractivity contribution in [3.63, 3.8) is 0 Å². The van der Waals surface area contributed by atoms with Crippen LogP contribution in [-0.2, 0) is 6.54 Å². The summed E-state index contributed by atoms with van der Waals surface area (Å²) < 4.78 is 20.0. The lowest BCUT2D eigenvalue weighted by Crippen LogP contribution is -2.06. The van der Waals surface area contributed by atoms with E-state index >= 15 is 0 Å². The number of rotatable bonds is 4. The second-order valence-corrected chi connectivity index (χ2v) is 5.17. The molecule has 2 aromatic carbocycles. The SMILES string of the molecule is CNCc1cc(F)ccc1Oc1ccc(C)cc1Br. The molecule has 0 saturated carbocycles. The van der Waals surface area contributed by atoms with Crippen LogP contribution in [0.25, 0.3) is 0 Å². The summed E-state index contributed by atoms with van der Waals surface area (Å²) in [7, 11) is 1.82. The molecule has 2 rings (SSSR count). The fourth-order valence-corrected chi connectivity index (χ4v) is 2.36. The Morgan fingerprint density at radius 2 is 1.89 bits per heavy atom. The molecule has 0 aromatic heterocycles. The van der Waals surface area contributed by atoms with Crippen molar-refractivity contribution in [2.24, 2.45) is 0 Å². The number of aryl methyl sites for hydroxylation is 1. The third-order valence-electron chi connectivity index (χ3n) is 2.70. The molecule has 0 heterocycles. The second kappa shape index (κ2) is 6.17. The van der Waals surface area contributed by atoms with E-state index in [9.17, 15) is 4.39 Å². The molecule has 0 unspecified atom stereocenters. The molecule has 2 nitrogen and oxygen atoms in total. The van der Waals surface area contributed by atoms with Gasteiger partial charge in [-0.2, -0.15) is 0 Å². The molecule has 0 aliphatic rings. The fourth-order valence-electron chi connectivity index (χ4n) is 1.78. The minimum absolute atomic E-state index is 0.263. The highest BCUT2D eigenvalue weighted by atomic mass is 79.9. The van der Waals surface area contributed by atoms with Gasteiger partial charge in [0.2, 0.25) is 0 Å². The van der Waals surface area contributed by atoms with Crippen LogP contribution >= 0.6 is 15.9 Å². The number of hydrogen-bond donors (Lipinski definition) is 1. The van der Waals surface area contributed by atoms with Crippen LogP contribution in [0.4, 0.5) is 4.39 Å². The fraction of sp³-hybridized carbons (Fsp3) is 0.200. The molecule has 2 aromatic rings. The van der Waals surface area contributed by atoms with E-state index in [1.165, 1.54) is 12.1 Å². The standard InChI is InChI=1S/C15H15BrFNO/c1-10-3-5-15(13(16)7-10)19-14-6-4-12(17)8-11(14)9-18-2/h3-8,18H,9H2,1-2H3. The molecular formula is C15H15BrFNO. The van der Waals surface area contributed by atoms with Gasteiger partial charge in [0, 0.05) is 12.1 Å².